The number of anilines is 1. The van der Waals surface area contributed by atoms with E-state index in [0.717, 1.165) is 34.6 Å². The number of carbonyl (C=O) groups is 1. The molecule has 1 unspecified atom stereocenters. The van der Waals surface area contributed by atoms with Gasteiger partial charge in [-0.25, -0.2) is 0 Å². The maximum Gasteiger partial charge on any atom is 0.398 e. The van der Waals surface area contributed by atoms with Gasteiger partial charge in [0, 0.05) is 12.1 Å². The maximum absolute atomic E-state index is 13.1. The highest BCUT2D eigenvalue weighted by molar-refractivity contribution is 5.94. The second kappa shape index (κ2) is 10.6. The van der Waals surface area contributed by atoms with Crippen molar-refractivity contribution in [2.24, 2.45) is 5.92 Å². The zero-order valence-corrected chi connectivity index (χ0v) is 19.0. The van der Waals surface area contributed by atoms with Crippen LogP contribution in [0.3, 0.4) is 0 Å². The van der Waals surface area contributed by atoms with Gasteiger partial charge in [0.05, 0.1) is 19.6 Å². The number of nitrogens with zero attached hydrogens (tertiary/aromatic N) is 1. The van der Waals surface area contributed by atoms with E-state index in [9.17, 15) is 18.0 Å². The van der Waals surface area contributed by atoms with E-state index in [4.69, 9.17) is 4.74 Å². The van der Waals surface area contributed by atoms with Gasteiger partial charge >= 0.3 is 6.18 Å². The molecule has 0 fully saturated rings. The molecular formula is C27H28F3NO2. The molecule has 0 saturated heterocycles. The summed E-state index contributed by atoms with van der Waals surface area (Å²) in [5, 5.41) is 0. The SMILES string of the molecule is CCCC(=O)N(Cc1ccc(OC)c(C)c1)c1cccc(C2=CC=CC(C(F)(F)F)C=C2)c1. The number of rotatable bonds is 7. The van der Waals surface area contributed by atoms with Gasteiger partial charge in [0.25, 0.3) is 0 Å². The van der Waals surface area contributed by atoms with Gasteiger partial charge in [0.1, 0.15) is 5.75 Å². The van der Waals surface area contributed by atoms with Crippen molar-refractivity contribution >= 4 is 17.2 Å². The van der Waals surface area contributed by atoms with Crippen molar-refractivity contribution in [3.8, 4) is 5.75 Å². The molecule has 2 aromatic carbocycles. The highest BCUT2D eigenvalue weighted by atomic mass is 19.4. The summed E-state index contributed by atoms with van der Waals surface area (Å²) in [4.78, 5) is 14.7. The van der Waals surface area contributed by atoms with Crippen LogP contribution in [0.5, 0.6) is 5.75 Å². The molecule has 6 heteroatoms. The number of carbonyl (C=O) groups excluding carboxylic acids is 1. The van der Waals surface area contributed by atoms with Crippen LogP contribution < -0.4 is 9.64 Å². The molecule has 174 valence electrons. The van der Waals surface area contributed by atoms with Crippen molar-refractivity contribution in [2.45, 2.75) is 39.4 Å². The predicted octanol–water partition coefficient (Wildman–Crippen LogP) is 7.02. The smallest absolute Gasteiger partial charge is 0.398 e. The van der Waals surface area contributed by atoms with E-state index in [1.807, 2.05) is 56.3 Å². The summed E-state index contributed by atoms with van der Waals surface area (Å²) in [6.45, 7) is 4.29. The highest BCUT2D eigenvalue weighted by Crippen LogP contribution is 2.32. The minimum Gasteiger partial charge on any atom is -0.496 e. The zero-order valence-electron chi connectivity index (χ0n) is 19.0. The van der Waals surface area contributed by atoms with E-state index in [-0.39, 0.29) is 5.91 Å². The Hall–Kier alpha value is -3.28. The topological polar surface area (TPSA) is 29.5 Å². The van der Waals surface area contributed by atoms with Crippen molar-refractivity contribution in [1.82, 2.24) is 0 Å². The van der Waals surface area contributed by atoms with E-state index in [1.54, 1.807) is 18.1 Å². The normalized spacial score (nSPS) is 15.7. The van der Waals surface area contributed by atoms with Gasteiger partial charge in [-0.3, -0.25) is 4.79 Å². The second-order valence-electron chi connectivity index (χ2n) is 8.02. The standard InChI is InChI=1S/C27H28F3NO2/c1-4-7-26(32)31(18-20-12-15-25(33-3)19(2)16-20)24-11-6-9-22(17-24)21-8-5-10-23(14-13-21)27(28,29)30/h5-6,8-17,23H,4,7,18H2,1-3H3. The number of hydrogen-bond acceptors (Lipinski definition) is 2. The lowest BCUT2D eigenvalue weighted by molar-refractivity contribution is -0.148. The predicted molar refractivity (Wildman–Crippen MR) is 126 cm³/mol. The van der Waals surface area contributed by atoms with Crippen LogP contribution >= 0.6 is 0 Å². The molecule has 0 bridgehead atoms. The summed E-state index contributed by atoms with van der Waals surface area (Å²) in [6, 6.07) is 13.2. The van der Waals surface area contributed by atoms with Crippen LogP contribution in [0.2, 0.25) is 0 Å². The molecule has 33 heavy (non-hydrogen) atoms. The van der Waals surface area contributed by atoms with Crippen LogP contribution in [0.1, 0.15) is 36.5 Å². The van der Waals surface area contributed by atoms with Gasteiger partial charge < -0.3 is 9.64 Å². The Morgan fingerprint density at radius 1 is 1.12 bits per heavy atom. The van der Waals surface area contributed by atoms with E-state index in [0.29, 0.717) is 30.6 Å². The Balaban J connectivity index is 1.92. The average Bonchev–Trinajstić information content (AvgIpc) is 3.04. The number of alkyl halides is 3. The molecule has 0 aromatic heterocycles. The van der Waals surface area contributed by atoms with E-state index in [2.05, 4.69) is 0 Å². The summed E-state index contributed by atoms with van der Waals surface area (Å²) in [5.41, 5.74) is 4.05. The molecular weight excluding hydrogens is 427 g/mol. The van der Waals surface area contributed by atoms with E-state index < -0.39 is 12.1 Å². The Bertz CT molecular complexity index is 1080. The summed E-state index contributed by atoms with van der Waals surface area (Å²) in [7, 11) is 1.62. The minimum atomic E-state index is -4.32. The number of benzene rings is 2. The van der Waals surface area contributed by atoms with Gasteiger partial charge in [-0.2, -0.15) is 13.2 Å². The molecule has 0 N–H and O–H groups in total. The van der Waals surface area contributed by atoms with Crippen molar-refractivity contribution in [3.05, 3.63) is 89.5 Å². The molecule has 1 aliphatic rings. The third kappa shape index (κ3) is 6.15. The Morgan fingerprint density at radius 2 is 1.91 bits per heavy atom. The number of ether oxygens (including phenoxy) is 1. The molecule has 1 aliphatic carbocycles. The van der Waals surface area contributed by atoms with E-state index in [1.165, 1.54) is 12.2 Å². The second-order valence-corrected chi connectivity index (χ2v) is 8.02. The van der Waals surface area contributed by atoms with Gasteiger partial charge in [-0.05, 0) is 53.8 Å². The molecule has 1 amide bonds. The van der Waals surface area contributed by atoms with Gasteiger partial charge in [0.2, 0.25) is 5.91 Å². The minimum absolute atomic E-state index is 0.00876. The fraction of sp³-hybridized carbons (Fsp3) is 0.296. The van der Waals surface area contributed by atoms with Crippen LogP contribution in [0.15, 0.2) is 72.8 Å². The van der Waals surface area contributed by atoms with E-state index >= 15 is 0 Å². The van der Waals surface area contributed by atoms with Crippen molar-refractivity contribution in [3.63, 3.8) is 0 Å². The Labute approximate surface area is 192 Å². The Morgan fingerprint density at radius 3 is 2.58 bits per heavy atom. The van der Waals surface area contributed by atoms with Crippen molar-refractivity contribution in [2.75, 3.05) is 12.0 Å². The number of allylic oxidation sites excluding steroid dienone is 6. The van der Waals surface area contributed by atoms with Crippen LogP contribution in [-0.4, -0.2) is 19.2 Å². The lowest BCUT2D eigenvalue weighted by atomic mass is 10.0. The monoisotopic (exact) mass is 455 g/mol. The van der Waals surface area contributed by atoms with Crippen molar-refractivity contribution in [1.29, 1.82) is 0 Å². The van der Waals surface area contributed by atoms with Crippen LogP contribution in [0.4, 0.5) is 18.9 Å². The number of methoxy groups -OCH3 is 1. The van der Waals surface area contributed by atoms with Gasteiger partial charge in [-0.1, -0.05) is 61.6 Å². The molecule has 3 nitrogen and oxygen atoms in total. The third-order valence-corrected chi connectivity index (χ3v) is 5.51. The molecule has 2 aromatic rings. The fourth-order valence-corrected chi connectivity index (χ4v) is 3.76. The molecule has 3 rings (SSSR count). The Kier molecular flexibility index (Phi) is 7.79. The summed E-state index contributed by atoms with van der Waals surface area (Å²) < 4.78 is 44.6. The first-order valence-electron chi connectivity index (χ1n) is 10.9. The number of halogens is 3. The highest BCUT2D eigenvalue weighted by Gasteiger charge is 2.36. The van der Waals surface area contributed by atoms with Crippen LogP contribution in [-0.2, 0) is 11.3 Å². The summed E-state index contributed by atoms with van der Waals surface area (Å²) in [6.07, 6.45) is 3.66. The molecule has 0 heterocycles. The quantitative estimate of drug-likeness (QED) is 0.449. The molecule has 0 aliphatic heterocycles. The third-order valence-electron chi connectivity index (χ3n) is 5.51. The molecule has 0 radical (unpaired) electrons. The lowest BCUT2D eigenvalue weighted by Crippen LogP contribution is -2.30. The first kappa shape index (κ1) is 24.4. The lowest BCUT2D eigenvalue weighted by Gasteiger charge is -2.24. The number of aryl methyl sites for hydroxylation is 1. The van der Waals surface area contributed by atoms with Crippen LogP contribution in [0, 0.1) is 12.8 Å². The molecule has 0 saturated carbocycles. The zero-order chi connectivity index (χ0) is 24.0. The fourth-order valence-electron chi connectivity index (χ4n) is 3.76. The number of hydrogen-bond donors (Lipinski definition) is 0. The summed E-state index contributed by atoms with van der Waals surface area (Å²) >= 11 is 0. The first-order chi connectivity index (χ1) is 15.7. The molecule has 0 spiro atoms. The van der Waals surface area contributed by atoms with Gasteiger partial charge in [-0.15, -0.1) is 0 Å². The maximum atomic E-state index is 13.1. The molecule has 1 atom stereocenters. The van der Waals surface area contributed by atoms with Crippen molar-refractivity contribution < 1.29 is 22.7 Å². The van der Waals surface area contributed by atoms with Crippen LogP contribution in [0.25, 0.3) is 5.57 Å². The summed E-state index contributed by atoms with van der Waals surface area (Å²) in [5.74, 6) is -0.842. The first-order valence-corrected chi connectivity index (χ1v) is 10.9. The largest absolute Gasteiger partial charge is 0.496 e. The van der Waals surface area contributed by atoms with Gasteiger partial charge in [0.15, 0.2) is 0 Å². The average molecular weight is 456 g/mol. The number of amides is 1.